The Labute approximate surface area is 131 Å². The number of rotatable bonds is 2. The molecule has 2 aromatic carbocycles. The van der Waals surface area contributed by atoms with Gasteiger partial charge >= 0.3 is 12.1 Å². The molecule has 2 aromatic rings. The van der Waals surface area contributed by atoms with Crippen molar-refractivity contribution in [1.82, 2.24) is 0 Å². The lowest BCUT2D eigenvalue weighted by Gasteiger charge is -2.35. The van der Waals surface area contributed by atoms with Crippen molar-refractivity contribution in [2.45, 2.75) is 31.0 Å². The van der Waals surface area contributed by atoms with Gasteiger partial charge in [0.1, 0.15) is 0 Å². The predicted molar refractivity (Wildman–Crippen MR) is 78.8 cm³/mol. The van der Waals surface area contributed by atoms with Crippen LogP contribution in [0.2, 0.25) is 0 Å². The van der Waals surface area contributed by atoms with Gasteiger partial charge in [0, 0.05) is 11.5 Å². The second kappa shape index (κ2) is 5.41. The molecule has 2 atom stereocenters. The lowest BCUT2D eigenvalue weighted by molar-refractivity contribution is -0.269. The van der Waals surface area contributed by atoms with Gasteiger partial charge in [-0.2, -0.15) is 13.2 Å². The van der Waals surface area contributed by atoms with Gasteiger partial charge < -0.3 is 4.74 Å². The first-order valence-electron chi connectivity index (χ1n) is 7.25. The van der Waals surface area contributed by atoms with Crippen molar-refractivity contribution >= 4 is 5.97 Å². The number of hydrogen-bond donors (Lipinski definition) is 0. The molecule has 1 fully saturated rings. The van der Waals surface area contributed by atoms with Crippen LogP contribution in [0.25, 0.3) is 0 Å². The molecule has 1 heterocycles. The fraction of sp³-hybridized carbons (Fsp3) is 0.278. The molecule has 0 N–H and O–H groups in total. The Balaban J connectivity index is 2.20. The second-order valence-electron chi connectivity index (χ2n) is 5.74. The molecule has 0 aliphatic carbocycles. The number of hydrogen-bond acceptors (Lipinski definition) is 2. The monoisotopic (exact) mass is 320 g/mol. The molecule has 0 spiro atoms. The highest BCUT2D eigenvalue weighted by Crippen LogP contribution is 2.56. The van der Waals surface area contributed by atoms with Gasteiger partial charge in [0.2, 0.25) is 5.60 Å². The number of benzene rings is 2. The van der Waals surface area contributed by atoms with Gasteiger partial charge in [-0.25, -0.2) is 0 Å². The molecule has 1 aliphatic rings. The predicted octanol–water partition coefficient (Wildman–Crippen LogP) is 4.48. The molecule has 0 saturated carbocycles. The third-order valence-electron chi connectivity index (χ3n) is 4.24. The van der Waals surface area contributed by atoms with Gasteiger partial charge in [0.25, 0.3) is 0 Å². The second-order valence-corrected chi connectivity index (χ2v) is 5.74. The molecular weight excluding hydrogens is 305 g/mol. The van der Waals surface area contributed by atoms with E-state index in [0.29, 0.717) is 5.56 Å². The minimum Gasteiger partial charge on any atom is -0.444 e. The molecule has 2 nitrogen and oxygen atoms in total. The lowest BCUT2D eigenvalue weighted by atomic mass is 9.76. The van der Waals surface area contributed by atoms with Gasteiger partial charge in [0.05, 0.1) is 6.42 Å². The van der Waals surface area contributed by atoms with Crippen LogP contribution in [0.3, 0.4) is 0 Å². The van der Waals surface area contributed by atoms with Crippen LogP contribution < -0.4 is 0 Å². The number of alkyl halides is 3. The summed E-state index contributed by atoms with van der Waals surface area (Å²) >= 11 is 0. The van der Waals surface area contributed by atoms with Gasteiger partial charge in [-0.1, -0.05) is 60.2 Å². The Morgan fingerprint density at radius 3 is 2.22 bits per heavy atom. The van der Waals surface area contributed by atoms with Crippen LogP contribution in [0, 0.1) is 6.92 Å². The van der Waals surface area contributed by atoms with Crippen LogP contribution in [0.1, 0.15) is 29.0 Å². The van der Waals surface area contributed by atoms with Crippen molar-refractivity contribution < 1.29 is 22.7 Å². The molecule has 1 saturated heterocycles. The van der Waals surface area contributed by atoms with E-state index >= 15 is 0 Å². The maximum atomic E-state index is 14.0. The third kappa shape index (κ3) is 2.50. The smallest absolute Gasteiger partial charge is 0.433 e. The zero-order valence-corrected chi connectivity index (χ0v) is 12.4. The topological polar surface area (TPSA) is 26.3 Å². The Kier molecular flexibility index (Phi) is 3.66. The Bertz CT molecular complexity index is 707. The standard InChI is InChI=1S/C18H15F3O2/c1-12-7-9-13(10-8-12)15-11-16(22)23-17(15,18(19,20)21)14-5-3-2-4-6-14/h2-10,15H,11H2,1H3/t15-,17+/m0/s1. The first kappa shape index (κ1) is 15.6. The minimum atomic E-state index is -4.71. The summed E-state index contributed by atoms with van der Waals surface area (Å²) in [6.45, 7) is 1.86. The number of aryl methyl sites for hydroxylation is 1. The Hall–Kier alpha value is -2.30. The summed E-state index contributed by atoms with van der Waals surface area (Å²) < 4.78 is 47.0. The molecule has 0 aromatic heterocycles. The number of ether oxygens (including phenoxy) is 1. The van der Waals surface area contributed by atoms with E-state index in [4.69, 9.17) is 4.74 Å². The maximum absolute atomic E-state index is 14.0. The van der Waals surface area contributed by atoms with Crippen molar-refractivity contribution in [3.05, 3.63) is 71.3 Å². The van der Waals surface area contributed by atoms with Gasteiger partial charge in [-0.3, -0.25) is 4.79 Å². The summed E-state index contributed by atoms with van der Waals surface area (Å²) in [6, 6.07) is 14.1. The van der Waals surface area contributed by atoms with Crippen LogP contribution in [-0.4, -0.2) is 12.1 Å². The molecule has 0 unspecified atom stereocenters. The summed E-state index contributed by atoms with van der Waals surface area (Å²) in [4.78, 5) is 11.8. The van der Waals surface area contributed by atoms with E-state index in [0.717, 1.165) is 5.56 Å². The molecule has 0 bridgehead atoms. The van der Waals surface area contributed by atoms with Crippen molar-refractivity contribution in [3.8, 4) is 0 Å². The first-order chi connectivity index (χ1) is 10.8. The summed E-state index contributed by atoms with van der Waals surface area (Å²) in [5, 5.41) is 0. The van der Waals surface area contributed by atoms with Crippen LogP contribution in [0.5, 0.6) is 0 Å². The Morgan fingerprint density at radius 2 is 1.65 bits per heavy atom. The molecule has 0 radical (unpaired) electrons. The van der Waals surface area contributed by atoms with E-state index in [-0.39, 0.29) is 12.0 Å². The van der Waals surface area contributed by atoms with Crippen molar-refractivity contribution in [3.63, 3.8) is 0 Å². The fourth-order valence-corrected chi connectivity index (χ4v) is 3.12. The van der Waals surface area contributed by atoms with E-state index in [1.165, 1.54) is 24.3 Å². The van der Waals surface area contributed by atoms with Crippen molar-refractivity contribution in [1.29, 1.82) is 0 Å². The average Bonchev–Trinajstić information content (AvgIpc) is 2.87. The summed E-state index contributed by atoms with van der Waals surface area (Å²) in [7, 11) is 0. The number of carbonyl (C=O) groups excluding carboxylic acids is 1. The zero-order valence-electron chi connectivity index (χ0n) is 12.4. The average molecular weight is 320 g/mol. The van der Waals surface area contributed by atoms with Crippen LogP contribution in [-0.2, 0) is 15.1 Å². The summed E-state index contributed by atoms with van der Waals surface area (Å²) in [5.74, 6) is -1.94. The molecule has 3 rings (SSSR count). The zero-order chi connectivity index (χ0) is 16.7. The van der Waals surface area contributed by atoms with Crippen LogP contribution in [0.15, 0.2) is 54.6 Å². The van der Waals surface area contributed by atoms with Gasteiger partial charge in [0.15, 0.2) is 0 Å². The van der Waals surface area contributed by atoms with Crippen molar-refractivity contribution in [2.24, 2.45) is 0 Å². The quantitative estimate of drug-likeness (QED) is 0.763. The molecule has 1 aliphatic heterocycles. The first-order valence-corrected chi connectivity index (χ1v) is 7.25. The number of cyclic esters (lactones) is 1. The largest absolute Gasteiger partial charge is 0.444 e. The molecule has 120 valence electrons. The Morgan fingerprint density at radius 1 is 1.04 bits per heavy atom. The van der Waals surface area contributed by atoms with Crippen LogP contribution in [0.4, 0.5) is 13.2 Å². The van der Waals surface area contributed by atoms with Crippen LogP contribution >= 0.6 is 0 Å². The molecule has 0 amide bonds. The minimum absolute atomic E-state index is 0.0519. The van der Waals surface area contributed by atoms with E-state index in [1.54, 1.807) is 30.3 Å². The van der Waals surface area contributed by atoms with E-state index in [9.17, 15) is 18.0 Å². The summed E-state index contributed by atoms with van der Waals surface area (Å²) in [6.07, 6.45) is -5.01. The molecule has 23 heavy (non-hydrogen) atoms. The highest BCUT2D eigenvalue weighted by Gasteiger charge is 2.67. The normalized spacial score (nSPS) is 24.5. The number of esters is 1. The fourth-order valence-electron chi connectivity index (χ4n) is 3.12. The summed E-state index contributed by atoms with van der Waals surface area (Å²) in [5.41, 5.74) is -1.30. The van der Waals surface area contributed by atoms with Gasteiger partial charge in [-0.15, -0.1) is 0 Å². The van der Waals surface area contributed by atoms with Gasteiger partial charge in [-0.05, 0) is 12.5 Å². The highest BCUT2D eigenvalue weighted by molar-refractivity contribution is 5.75. The third-order valence-corrected chi connectivity index (χ3v) is 4.24. The molecule has 5 heteroatoms. The molecular formula is C18H15F3O2. The van der Waals surface area contributed by atoms with E-state index in [1.807, 2.05) is 6.92 Å². The maximum Gasteiger partial charge on any atom is 0.433 e. The van der Waals surface area contributed by atoms with E-state index in [2.05, 4.69) is 0 Å². The van der Waals surface area contributed by atoms with E-state index < -0.39 is 23.7 Å². The lowest BCUT2D eigenvalue weighted by Crippen LogP contribution is -2.46. The SMILES string of the molecule is Cc1ccc([C@@H]2CC(=O)O[C@@]2(c2ccccc2)C(F)(F)F)cc1. The number of halogens is 3. The number of carbonyl (C=O) groups is 1. The van der Waals surface area contributed by atoms with Crippen molar-refractivity contribution in [2.75, 3.05) is 0 Å². The highest BCUT2D eigenvalue weighted by atomic mass is 19.4.